The highest BCUT2D eigenvalue weighted by Gasteiger charge is 2.10. The molecule has 2 rings (SSSR count). The number of anilines is 1. The van der Waals surface area contributed by atoms with Gasteiger partial charge in [-0.25, -0.2) is 4.98 Å². The van der Waals surface area contributed by atoms with Crippen LogP contribution in [0.2, 0.25) is 0 Å². The highest BCUT2D eigenvalue weighted by atomic mass is 32.1. The van der Waals surface area contributed by atoms with Crippen molar-refractivity contribution in [1.29, 1.82) is 0 Å². The molecule has 5 heteroatoms. The molecule has 0 bridgehead atoms. The predicted molar refractivity (Wildman–Crippen MR) is 86.5 cm³/mol. The molecule has 0 fully saturated rings. The summed E-state index contributed by atoms with van der Waals surface area (Å²) in [5, 5.41) is 3.86. The Bertz CT molecular complexity index is 605. The van der Waals surface area contributed by atoms with Crippen molar-refractivity contribution >= 4 is 22.9 Å². The van der Waals surface area contributed by atoms with Gasteiger partial charge in [-0.05, 0) is 25.5 Å². The summed E-state index contributed by atoms with van der Waals surface area (Å²) < 4.78 is 5.12. The van der Waals surface area contributed by atoms with E-state index >= 15 is 0 Å². The molecule has 0 aliphatic heterocycles. The van der Waals surface area contributed by atoms with Crippen molar-refractivity contribution in [3.63, 3.8) is 0 Å². The molecule has 0 saturated carbocycles. The third-order valence-electron chi connectivity index (χ3n) is 3.03. The van der Waals surface area contributed by atoms with E-state index in [4.69, 9.17) is 4.74 Å². The van der Waals surface area contributed by atoms with E-state index in [0.29, 0.717) is 13.0 Å². The third kappa shape index (κ3) is 4.12. The Labute approximate surface area is 129 Å². The van der Waals surface area contributed by atoms with Gasteiger partial charge in [-0.15, -0.1) is 11.3 Å². The molecular weight excluding hydrogens is 284 g/mol. The fourth-order valence-corrected chi connectivity index (χ4v) is 2.99. The Kier molecular flexibility index (Phi) is 5.47. The van der Waals surface area contributed by atoms with E-state index in [1.807, 2.05) is 31.2 Å². The minimum absolute atomic E-state index is 0.0532. The maximum absolute atomic E-state index is 11.6. The summed E-state index contributed by atoms with van der Waals surface area (Å²) in [4.78, 5) is 17.3. The van der Waals surface area contributed by atoms with Crippen molar-refractivity contribution < 1.29 is 9.53 Å². The van der Waals surface area contributed by atoms with Crippen molar-refractivity contribution in [3.05, 3.63) is 34.2 Å². The standard InChI is InChI=1S/C16H20N2O2S/c1-4-5-14(19)17-13-8-6-12(7-9-13)16-11(2)21-15(18-16)10-20-3/h6-9H,4-5,10H2,1-3H3,(H,17,19). The maximum Gasteiger partial charge on any atom is 0.224 e. The number of thiazole rings is 1. The van der Waals surface area contributed by atoms with E-state index in [-0.39, 0.29) is 5.91 Å². The quantitative estimate of drug-likeness (QED) is 0.877. The van der Waals surface area contributed by atoms with Crippen LogP contribution in [0.25, 0.3) is 11.3 Å². The minimum Gasteiger partial charge on any atom is -0.378 e. The smallest absolute Gasteiger partial charge is 0.224 e. The van der Waals surface area contributed by atoms with Crippen molar-refractivity contribution in [2.45, 2.75) is 33.3 Å². The number of nitrogens with zero attached hydrogens (tertiary/aromatic N) is 1. The Balaban J connectivity index is 2.13. The number of carbonyl (C=O) groups excluding carboxylic acids is 1. The molecule has 4 nitrogen and oxygen atoms in total. The van der Waals surface area contributed by atoms with Gasteiger partial charge in [-0.2, -0.15) is 0 Å². The molecule has 0 unspecified atom stereocenters. The lowest BCUT2D eigenvalue weighted by Gasteiger charge is -2.05. The van der Waals surface area contributed by atoms with Gasteiger partial charge in [0, 0.05) is 29.7 Å². The lowest BCUT2D eigenvalue weighted by Crippen LogP contribution is -2.10. The average Bonchev–Trinajstić information content (AvgIpc) is 2.81. The number of aromatic nitrogens is 1. The summed E-state index contributed by atoms with van der Waals surface area (Å²) in [5.41, 5.74) is 2.86. The summed E-state index contributed by atoms with van der Waals surface area (Å²) in [6.45, 7) is 4.59. The first-order valence-electron chi connectivity index (χ1n) is 6.99. The van der Waals surface area contributed by atoms with Gasteiger partial charge in [0.1, 0.15) is 5.01 Å². The summed E-state index contributed by atoms with van der Waals surface area (Å²) in [6.07, 6.45) is 1.40. The highest BCUT2D eigenvalue weighted by molar-refractivity contribution is 7.12. The monoisotopic (exact) mass is 304 g/mol. The molecule has 0 spiro atoms. The van der Waals surface area contributed by atoms with Gasteiger partial charge in [-0.3, -0.25) is 4.79 Å². The molecule has 1 aromatic carbocycles. The number of nitrogens with one attached hydrogen (secondary N) is 1. The van der Waals surface area contributed by atoms with Crippen LogP contribution < -0.4 is 5.32 Å². The molecular formula is C16H20N2O2S. The van der Waals surface area contributed by atoms with Crippen molar-refractivity contribution in [2.24, 2.45) is 0 Å². The first-order valence-corrected chi connectivity index (χ1v) is 7.81. The van der Waals surface area contributed by atoms with Crippen LogP contribution in [0.15, 0.2) is 24.3 Å². The van der Waals surface area contributed by atoms with Gasteiger partial charge in [0.05, 0.1) is 12.3 Å². The molecule has 0 atom stereocenters. The fourth-order valence-electron chi connectivity index (χ4n) is 2.07. The minimum atomic E-state index is 0.0532. The second-order valence-corrected chi connectivity index (χ2v) is 6.11. The van der Waals surface area contributed by atoms with Gasteiger partial charge in [0.15, 0.2) is 0 Å². The highest BCUT2D eigenvalue weighted by Crippen LogP contribution is 2.28. The molecule has 0 aliphatic rings. The zero-order chi connectivity index (χ0) is 15.2. The lowest BCUT2D eigenvalue weighted by molar-refractivity contribution is -0.116. The number of amides is 1. The van der Waals surface area contributed by atoms with Crippen LogP contribution in [-0.2, 0) is 16.1 Å². The Morgan fingerprint density at radius 3 is 2.67 bits per heavy atom. The van der Waals surface area contributed by atoms with E-state index in [1.54, 1.807) is 18.4 Å². The molecule has 1 heterocycles. The van der Waals surface area contributed by atoms with Crippen LogP contribution in [0.3, 0.4) is 0 Å². The van der Waals surface area contributed by atoms with Crippen LogP contribution >= 0.6 is 11.3 Å². The Morgan fingerprint density at radius 2 is 2.05 bits per heavy atom. The van der Waals surface area contributed by atoms with Gasteiger partial charge in [-0.1, -0.05) is 19.1 Å². The number of rotatable bonds is 6. The molecule has 0 aliphatic carbocycles. The molecule has 1 N–H and O–H groups in total. The van der Waals surface area contributed by atoms with Gasteiger partial charge < -0.3 is 10.1 Å². The first-order chi connectivity index (χ1) is 10.1. The number of aryl methyl sites for hydroxylation is 1. The maximum atomic E-state index is 11.6. The molecule has 1 aromatic heterocycles. The zero-order valence-electron chi connectivity index (χ0n) is 12.6. The summed E-state index contributed by atoms with van der Waals surface area (Å²) in [6, 6.07) is 7.80. The molecule has 1 amide bonds. The van der Waals surface area contributed by atoms with E-state index in [0.717, 1.165) is 28.4 Å². The lowest BCUT2D eigenvalue weighted by atomic mass is 10.1. The number of methoxy groups -OCH3 is 1. The summed E-state index contributed by atoms with van der Waals surface area (Å²) in [5.74, 6) is 0.0532. The molecule has 0 radical (unpaired) electrons. The Hall–Kier alpha value is -1.72. The van der Waals surface area contributed by atoms with Crippen molar-refractivity contribution in [2.75, 3.05) is 12.4 Å². The molecule has 21 heavy (non-hydrogen) atoms. The molecule has 112 valence electrons. The fraction of sp³-hybridized carbons (Fsp3) is 0.375. The summed E-state index contributed by atoms with van der Waals surface area (Å²) in [7, 11) is 1.67. The summed E-state index contributed by atoms with van der Waals surface area (Å²) >= 11 is 1.65. The number of ether oxygens (including phenoxy) is 1. The van der Waals surface area contributed by atoms with Gasteiger partial charge in [0.2, 0.25) is 5.91 Å². The second-order valence-electron chi connectivity index (χ2n) is 4.82. The van der Waals surface area contributed by atoms with Crippen LogP contribution in [0, 0.1) is 6.92 Å². The van der Waals surface area contributed by atoms with Crippen molar-refractivity contribution in [1.82, 2.24) is 4.98 Å². The normalized spacial score (nSPS) is 10.6. The van der Waals surface area contributed by atoms with Gasteiger partial charge >= 0.3 is 0 Å². The van der Waals surface area contributed by atoms with E-state index in [2.05, 4.69) is 17.2 Å². The van der Waals surface area contributed by atoms with E-state index in [9.17, 15) is 4.79 Å². The Morgan fingerprint density at radius 1 is 1.33 bits per heavy atom. The number of hydrogen-bond acceptors (Lipinski definition) is 4. The van der Waals surface area contributed by atoms with Crippen molar-refractivity contribution in [3.8, 4) is 11.3 Å². The van der Waals surface area contributed by atoms with Crippen LogP contribution in [-0.4, -0.2) is 18.0 Å². The predicted octanol–water partition coefficient (Wildman–Crippen LogP) is 4.00. The SMILES string of the molecule is CCCC(=O)Nc1ccc(-c2nc(COC)sc2C)cc1. The topological polar surface area (TPSA) is 51.2 Å². The first kappa shape index (κ1) is 15.7. The van der Waals surface area contributed by atoms with Crippen LogP contribution in [0.5, 0.6) is 0 Å². The number of hydrogen-bond donors (Lipinski definition) is 1. The number of benzene rings is 1. The van der Waals surface area contributed by atoms with E-state index in [1.165, 1.54) is 4.88 Å². The largest absolute Gasteiger partial charge is 0.378 e. The van der Waals surface area contributed by atoms with Crippen LogP contribution in [0.1, 0.15) is 29.7 Å². The number of carbonyl (C=O) groups is 1. The van der Waals surface area contributed by atoms with E-state index < -0.39 is 0 Å². The van der Waals surface area contributed by atoms with Crippen LogP contribution in [0.4, 0.5) is 5.69 Å². The zero-order valence-corrected chi connectivity index (χ0v) is 13.4. The van der Waals surface area contributed by atoms with Gasteiger partial charge in [0.25, 0.3) is 0 Å². The average molecular weight is 304 g/mol. The molecule has 0 saturated heterocycles. The second kappa shape index (κ2) is 7.33. The molecule has 2 aromatic rings. The third-order valence-corrected chi connectivity index (χ3v) is 3.97.